The zero-order valence-electron chi connectivity index (χ0n) is 17.4. The Balaban J connectivity index is 2.37. The van der Waals surface area contributed by atoms with Crippen molar-refractivity contribution in [1.29, 1.82) is 0 Å². The molecular weight excluding hydrogens is 346 g/mol. The molecule has 3 heteroatoms. The summed E-state index contributed by atoms with van der Waals surface area (Å²) in [5, 5.41) is 1.37. The van der Waals surface area contributed by atoms with Crippen molar-refractivity contribution in [3.05, 3.63) is 57.7 Å². The van der Waals surface area contributed by atoms with Crippen molar-refractivity contribution in [1.82, 2.24) is 5.73 Å². The normalized spacial score (nSPS) is 16.5. The predicted octanol–water partition coefficient (Wildman–Crippen LogP) is 5.37. The van der Waals surface area contributed by atoms with E-state index < -0.39 is 14.3 Å². The molecule has 0 saturated carbocycles. The lowest BCUT2D eigenvalue weighted by Crippen LogP contribution is -2.21. The van der Waals surface area contributed by atoms with Gasteiger partial charge < -0.3 is 0 Å². The summed E-state index contributed by atoms with van der Waals surface area (Å²) in [6.45, 7) is 13.5. The molecule has 0 spiro atoms. The van der Waals surface area contributed by atoms with Crippen molar-refractivity contribution in [3.63, 3.8) is 0 Å². The predicted molar refractivity (Wildman–Crippen MR) is 118 cm³/mol. The first-order valence-corrected chi connectivity index (χ1v) is 12.3. The molecule has 1 N–H and O–H groups in total. The molecule has 2 nitrogen and oxygen atoms in total. The molecule has 0 aromatic heterocycles. The Morgan fingerprint density at radius 1 is 1.22 bits per heavy atom. The Hall–Kier alpha value is -2.00. The van der Waals surface area contributed by atoms with Crippen molar-refractivity contribution in [2.24, 2.45) is 0 Å². The molecule has 1 amide bonds. The molecule has 0 aliphatic heterocycles. The van der Waals surface area contributed by atoms with Crippen LogP contribution in [-0.2, 0) is 16.6 Å². The van der Waals surface area contributed by atoms with Gasteiger partial charge in [0.15, 0.2) is 0 Å². The van der Waals surface area contributed by atoms with Crippen LogP contribution in [0.15, 0.2) is 35.4 Å². The molecule has 0 bridgehead atoms. The van der Waals surface area contributed by atoms with E-state index in [0.29, 0.717) is 5.57 Å². The molecule has 2 aliphatic carbocycles. The summed E-state index contributed by atoms with van der Waals surface area (Å²) in [6.07, 6.45) is 9.17. The van der Waals surface area contributed by atoms with E-state index >= 15 is 0 Å². The number of amides is 1. The second-order valence-electron chi connectivity index (χ2n) is 8.88. The molecule has 3 rings (SSSR count). The second kappa shape index (κ2) is 7.20. The van der Waals surface area contributed by atoms with Crippen molar-refractivity contribution in [2.45, 2.75) is 65.5 Å². The van der Waals surface area contributed by atoms with Crippen LogP contribution in [0.25, 0.3) is 11.6 Å². The molecule has 27 heavy (non-hydrogen) atoms. The molecule has 141 valence electrons. The van der Waals surface area contributed by atoms with Crippen LogP contribution < -0.4 is 5.73 Å². The molecule has 0 saturated heterocycles. The van der Waals surface area contributed by atoms with Gasteiger partial charge in [-0.3, -0.25) is 10.5 Å². The Labute approximate surface area is 165 Å². The Bertz CT molecular complexity index is 932. The van der Waals surface area contributed by atoms with Gasteiger partial charge in [0.2, 0.25) is 0 Å². The number of hydrogen-bond acceptors (Lipinski definition) is 1. The molecular formula is C24H30NOSi. The minimum absolute atomic E-state index is 0.0369. The average molecular weight is 377 g/mol. The molecule has 1 aromatic rings. The topological polar surface area (TPSA) is 40.9 Å². The number of fused-ring (bicyclic) bond motifs is 1. The average Bonchev–Trinajstić information content (AvgIpc) is 3.02. The van der Waals surface area contributed by atoms with Gasteiger partial charge in [-0.2, -0.15) is 0 Å². The number of hydrogen-bond donors (Lipinski definition) is 0. The molecule has 0 fully saturated rings. The van der Waals surface area contributed by atoms with Gasteiger partial charge in [0.05, 0.1) is 0 Å². The summed E-state index contributed by atoms with van der Waals surface area (Å²) in [6, 6.07) is 4.62. The Kier molecular flexibility index (Phi) is 5.26. The highest BCUT2D eigenvalue weighted by atomic mass is 28.2. The number of carbonyl (C=O) groups is 1. The summed E-state index contributed by atoms with van der Waals surface area (Å²) >= 11 is 0. The summed E-state index contributed by atoms with van der Waals surface area (Å²) < 4.78 is 0. The van der Waals surface area contributed by atoms with Gasteiger partial charge in [-0.25, -0.2) is 0 Å². The van der Waals surface area contributed by atoms with Gasteiger partial charge in [0, 0.05) is 14.0 Å². The number of nitrogens with one attached hydrogen (secondary N) is 1. The van der Waals surface area contributed by atoms with Crippen LogP contribution in [0.1, 0.15) is 62.8 Å². The molecule has 1 aromatic carbocycles. The zero-order valence-corrected chi connectivity index (χ0v) is 18.4. The fourth-order valence-corrected chi connectivity index (χ4v) is 5.29. The van der Waals surface area contributed by atoms with Crippen LogP contribution in [0, 0.1) is 0 Å². The standard InChI is InChI=1S/C24H30NOSi/c1-7-15-11-16-13-17(24(2,3)4)14-20(19(16)12-15)22-18(23(25)26)9-8-10-21(22)27(5)6/h8-9,11,13-14,25H,7,10,12H2,1-6H3. The fraction of sp³-hybridized carbons (Fsp3) is 0.417. The first-order chi connectivity index (χ1) is 12.6. The number of benzene rings is 1. The quantitative estimate of drug-likeness (QED) is 0.654. The first-order valence-electron chi connectivity index (χ1n) is 9.84. The van der Waals surface area contributed by atoms with Crippen molar-refractivity contribution < 1.29 is 4.79 Å². The zero-order chi connectivity index (χ0) is 19.9. The third-order valence-electron chi connectivity index (χ3n) is 5.66. The third kappa shape index (κ3) is 3.70. The van der Waals surface area contributed by atoms with E-state index in [4.69, 9.17) is 5.73 Å². The first kappa shape index (κ1) is 19.8. The van der Waals surface area contributed by atoms with Crippen LogP contribution in [0.2, 0.25) is 13.1 Å². The highest BCUT2D eigenvalue weighted by molar-refractivity contribution is 6.77. The van der Waals surface area contributed by atoms with Gasteiger partial charge in [0.1, 0.15) is 0 Å². The summed E-state index contributed by atoms with van der Waals surface area (Å²) in [4.78, 5) is 12.2. The summed E-state index contributed by atoms with van der Waals surface area (Å²) in [5.41, 5.74) is 16.1. The minimum Gasteiger partial charge on any atom is -0.267 e. The summed E-state index contributed by atoms with van der Waals surface area (Å²) in [5.74, 6) is -0.571. The lowest BCUT2D eigenvalue weighted by atomic mass is 9.80. The highest BCUT2D eigenvalue weighted by Gasteiger charge is 2.27. The molecule has 0 unspecified atom stereocenters. The second-order valence-corrected chi connectivity index (χ2v) is 11.5. The molecule has 0 heterocycles. The Morgan fingerprint density at radius 2 is 1.93 bits per heavy atom. The minimum atomic E-state index is -0.724. The van der Waals surface area contributed by atoms with Gasteiger partial charge in [0.25, 0.3) is 5.91 Å². The van der Waals surface area contributed by atoms with E-state index in [-0.39, 0.29) is 5.41 Å². The van der Waals surface area contributed by atoms with Gasteiger partial charge in [-0.1, -0.05) is 81.9 Å². The number of allylic oxidation sites excluding steroid dienone is 3. The van der Waals surface area contributed by atoms with Crippen molar-refractivity contribution in [3.8, 4) is 0 Å². The van der Waals surface area contributed by atoms with Gasteiger partial charge >= 0.3 is 0 Å². The SMILES string of the molecule is CCC1=Cc2cc(C(C)(C)C)cc(C3=C(C([NH])=O)C=CCC3=[Si](C)C)c2C1. The van der Waals surface area contributed by atoms with E-state index in [1.165, 1.54) is 33.0 Å². The summed E-state index contributed by atoms with van der Waals surface area (Å²) in [7, 11) is -0.724. The van der Waals surface area contributed by atoms with Crippen LogP contribution in [-0.4, -0.2) is 19.5 Å². The van der Waals surface area contributed by atoms with E-state index in [9.17, 15) is 4.79 Å². The lowest BCUT2D eigenvalue weighted by molar-refractivity contribution is -0.114. The maximum Gasteiger partial charge on any atom is 0.270 e. The largest absolute Gasteiger partial charge is 0.270 e. The van der Waals surface area contributed by atoms with Crippen molar-refractivity contribution in [2.75, 3.05) is 0 Å². The molecule has 1 radical (unpaired) electrons. The maximum atomic E-state index is 12.2. The third-order valence-corrected chi connectivity index (χ3v) is 7.32. The van der Waals surface area contributed by atoms with Crippen LogP contribution in [0.3, 0.4) is 0 Å². The van der Waals surface area contributed by atoms with Crippen LogP contribution >= 0.6 is 0 Å². The van der Waals surface area contributed by atoms with E-state index in [1.54, 1.807) is 0 Å². The molecule has 0 atom stereocenters. The van der Waals surface area contributed by atoms with E-state index in [2.05, 4.69) is 65.1 Å². The fourth-order valence-electron chi connectivity index (χ4n) is 4.00. The smallest absolute Gasteiger partial charge is 0.267 e. The van der Waals surface area contributed by atoms with Gasteiger partial charge in [-0.05, 0) is 52.5 Å². The lowest BCUT2D eigenvalue weighted by Gasteiger charge is -2.26. The van der Waals surface area contributed by atoms with Crippen LogP contribution in [0.5, 0.6) is 0 Å². The van der Waals surface area contributed by atoms with Gasteiger partial charge in [-0.15, -0.1) is 0 Å². The highest BCUT2D eigenvalue weighted by Crippen LogP contribution is 2.39. The monoisotopic (exact) mass is 376 g/mol. The maximum absolute atomic E-state index is 12.2. The van der Waals surface area contributed by atoms with E-state index in [1.807, 2.05) is 6.08 Å². The number of carbonyl (C=O) groups excluding carboxylic acids is 1. The van der Waals surface area contributed by atoms with E-state index in [0.717, 1.165) is 24.8 Å². The van der Waals surface area contributed by atoms with Crippen LogP contribution in [0.4, 0.5) is 0 Å². The Morgan fingerprint density at radius 3 is 2.48 bits per heavy atom. The number of rotatable bonds is 3. The van der Waals surface area contributed by atoms with Crippen molar-refractivity contribution >= 4 is 31.1 Å². The molecule has 2 aliphatic rings.